The minimum atomic E-state index is 0.0792. The Morgan fingerprint density at radius 1 is 1.19 bits per heavy atom. The second-order valence-corrected chi connectivity index (χ2v) is 4.26. The molecule has 2 rings (SSSR count). The van der Waals surface area contributed by atoms with Gasteiger partial charge in [-0.15, -0.1) is 0 Å². The smallest absolute Gasteiger partial charge is 0.223 e. The van der Waals surface area contributed by atoms with Gasteiger partial charge in [0.15, 0.2) is 0 Å². The van der Waals surface area contributed by atoms with Crippen LogP contribution in [0, 0.1) is 0 Å². The number of rotatable bonds is 3. The van der Waals surface area contributed by atoms with Crippen LogP contribution in [0.3, 0.4) is 0 Å². The molecule has 5 heteroatoms. The molecule has 0 saturated heterocycles. The molecule has 2 aromatic rings. The van der Waals surface area contributed by atoms with E-state index in [1.54, 1.807) is 24.7 Å². The van der Waals surface area contributed by atoms with E-state index in [-0.39, 0.29) is 6.04 Å². The van der Waals surface area contributed by atoms with Crippen LogP contribution in [0.25, 0.3) is 0 Å². The third-order valence-electron chi connectivity index (χ3n) is 2.11. The summed E-state index contributed by atoms with van der Waals surface area (Å²) in [6.45, 7) is 2.02. The molecule has 16 heavy (non-hydrogen) atoms. The van der Waals surface area contributed by atoms with E-state index in [0.717, 1.165) is 10.2 Å². The summed E-state index contributed by atoms with van der Waals surface area (Å²) in [5, 5.41) is 3.18. The molecule has 0 amide bonds. The SMILES string of the molecule is C[C@H](Nc1ncccn1)c1ccc(Br)cn1. The number of hydrogen-bond acceptors (Lipinski definition) is 4. The van der Waals surface area contributed by atoms with Crippen molar-refractivity contribution in [1.82, 2.24) is 15.0 Å². The minimum absolute atomic E-state index is 0.0792. The van der Waals surface area contributed by atoms with Crippen LogP contribution in [0.4, 0.5) is 5.95 Å². The van der Waals surface area contributed by atoms with E-state index >= 15 is 0 Å². The maximum absolute atomic E-state index is 4.31. The first-order valence-electron chi connectivity index (χ1n) is 4.91. The van der Waals surface area contributed by atoms with E-state index < -0.39 is 0 Å². The highest BCUT2D eigenvalue weighted by Crippen LogP contribution is 2.16. The van der Waals surface area contributed by atoms with E-state index in [9.17, 15) is 0 Å². The Bertz CT molecular complexity index is 443. The van der Waals surface area contributed by atoms with Crippen molar-refractivity contribution < 1.29 is 0 Å². The average Bonchev–Trinajstić information content (AvgIpc) is 2.31. The molecule has 1 atom stereocenters. The van der Waals surface area contributed by atoms with Crippen molar-refractivity contribution in [2.45, 2.75) is 13.0 Å². The standard InChI is InChI=1S/C11H11BrN4/c1-8(10-4-3-9(12)7-15-10)16-11-13-5-2-6-14-11/h2-8H,1H3,(H,13,14,16)/t8-/m0/s1. The van der Waals surface area contributed by atoms with Crippen LogP contribution < -0.4 is 5.32 Å². The van der Waals surface area contributed by atoms with Gasteiger partial charge in [0.1, 0.15) is 0 Å². The largest absolute Gasteiger partial charge is 0.346 e. The number of halogens is 1. The Hall–Kier alpha value is -1.49. The highest BCUT2D eigenvalue weighted by Gasteiger charge is 2.07. The Kier molecular flexibility index (Phi) is 3.46. The molecule has 0 aliphatic carbocycles. The summed E-state index contributed by atoms with van der Waals surface area (Å²) in [7, 11) is 0. The van der Waals surface area contributed by atoms with Gasteiger partial charge in [-0.05, 0) is 41.1 Å². The zero-order chi connectivity index (χ0) is 11.4. The van der Waals surface area contributed by atoms with Gasteiger partial charge < -0.3 is 5.32 Å². The lowest BCUT2D eigenvalue weighted by Gasteiger charge is -2.12. The van der Waals surface area contributed by atoms with Gasteiger partial charge in [0.2, 0.25) is 5.95 Å². The highest BCUT2D eigenvalue weighted by molar-refractivity contribution is 9.10. The van der Waals surface area contributed by atoms with Gasteiger partial charge in [-0.2, -0.15) is 0 Å². The van der Waals surface area contributed by atoms with Gasteiger partial charge >= 0.3 is 0 Å². The molecular formula is C11H11BrN4. The second kappa shape index (κ2) is 5.03. The van der Waals surface area contributed by atoms with Crippen LogP contribution in [0.1, 0.15) is 18.7 Å². The van der Waals surface area contributed by atoms with Crippen LogP contribution in [0.15, 0.2) is 41.3 Å². The first kappa shape index (κ1) is 11.0. The third kappa shape index (κ3) is 2.76. The quantitative estimate of drug-likeness (QED) is 0.938. The molecule has 2 heterocycles. The number of pyridine rings is 1. The number of aromatic nitrogens is 3. The van der Waals surface area contributed by atoms with Crippen molar-refractivity contribution in [3.63, 3.8) is 0 Å². The molecule has 0 aliphatic rings. The number of anilines is 1. The molecule has 0 aromatic carbocycles. The lowest BCUT2D eigenvalue weighted by Crippen LogP contribution is -2.10. The molecule has 0 saturated carbocycles. The number of hydrogen-bond donors (Lipinski definition) is 1. The predicted octanol–water partition coefficient (Wildman–Crippen LogP) is 2.81. The van der Waals surface area contributed by atoms with E-state index in [2.05, 4.69) is 36.2 Å². The number of nitrogens with one attached hydrogen (secondary N) is 1. The van der Waals surface area contributed by atoms with E-state index in [1.807, 2.05) is 19.1 Å². The molecular weight excluding hydrogens is 268 g/mol. The summed E-state index contributed by atoms with van der Waals surface area (Å²) in [6, 6.07) is 5.79. The third-order valence-corrected chi connectivity index (χ3v) is 2.57. The molecule has 0 aliphatic heterocycles. The van der Waals surface area contributed by atoms with Crippen LogP contribution in [-0.4, -0.2) is 15.0 Å². The van der Waals surface area contributed by atoms with Crippen molar-refractivity contribution in [3.05, 3.63) is 47.0 Å². The summed E-state index contributed by atoms with van der Waals surface area (Å²) in [5.41, 5.74) is 0.954. The molecule has 1 N–H and O–H groups in total. The molecule has 0 radical (unpaired) electrons. The second-order valence-electron chi connectivity index (χ2n) is 3.34. The van der Waals surface area contributed by atoms with Crippen molar-refractivity contribution >= 4 is 21.9 Å². The van der Waals surface area contributed by atoms with Gasteiger partial charge in [-0.1, -0.05) is 0 Å². The van der Waals surface area contributed by atoms with Gasteiger partial charge in [0, 0.05) is 23.1 Å². The molecule has 4 nitrogen and oxygen atoms in total. The van der Waals surface area contributed by atoms with Gasteiger partial charge in [0.25, 0.3) is 0 Å². The van der Waals surface area contributed by atoms with Crippen LogP contribution in [-0.2, 0) is 0 Å². The molecule has 0 spiro atoms. The normalized spacial score (nSPS) is 12.1. The van der Waals surface area contributed by atoms with Crippen LogP contribution >= 0.6 is 15.9 Å². The zero-order valence-corrected chi connectivity index (χ0v) is 10.3. The van der Waals surface area contributed by atoms with Crippen molar-refractivity contribution in [1.29, 1.82) is 0 Å². The minimum Gasteiger partial charge on any atom is -0.346 e. The molecule has 0 bridgehead atoms. The Morgan fingerprint density at radius 2 is 1.94 bits per heavy atom. The lowest BCUT2D eigenvalue weighted by atomic mass is 10.2. The topological polar surface area (TPSA) is 50.7 Å². The summed E-state index contributed by atoms with van der Waals surface area (Å²) < 4.78 is 0.972. The van der Waals surface area contributed by atoms with E-state index in [1.165, 1.54) is 0 Å². The Labute approximate surface area is 102 Å². The van der Waals surface area contributed by atoms with Crippen molar-refractivity contribution in [2.24, 2.45) is 0 Å². The fourth-order valence-electron chi connectivity index (χ4n) is 1.28. The fraction of sp³-hybridized carbons (Fsp3) is 0.182. The summed E-state index contributed by atoms with van der Waals surface area (Å²) in [4.78, 5) is 12.5. The average molecular weight is 279 g/mol. The first-order chi connectivity index (χ1) is 7.75. The van der Waals surface area contributed by atoms with Crippen molar-refractivity contribution in [3.8, 4) is 0 Å². The van der Waals surface area contributed by atoms with E-state index in [4.69, 9.17) is 0 Å². The summed E-state index contributed by atoms with van der Waals surface area (Å²) >= 11 is 3.35. The predicted molar refractivity (Wildman–Crippen MR) is 66.0 cm³/mol. The van der Waals surface area contributed by atoms with Gasteiger partial charge in [-0.3, -0.25) is 4.98 Å². The van der Waals surface area contributed by atoms with Gasteiger partial charge in [0.05, 0.1) is 11.7 Å². The number of nitrogens with zero attached hydrogens (tertiary/aromatic N) is 3. The lowest BCUT2D eigenvalue weighted by molar-refractivity contribution is 0.820. The highest BCUT2D eigenvalue weighted by atomic mass is 79.9. The fourth-order valence-corrected chi connectivity index (χ4v) is 1.52. The summed E-state index contributed by atoms with van der Waals surface area (Å²) in [5.74, 6) is 0.611. The van der Waals surface area contributed by atoms with E-state index in [0.29, 0.717) is 5.95 Å². The monoisotopic (exact) mass is 278 g/mol. The molecule has 2 aromatic heterocycles. The maximum atomic E-state index is 4.31. The zero-order valence-electron chi connectivity index (χ0n) is 8.76. The molecule has 0 unspecified atom stereocenters. The van der Waals surface area contributed by atoms with Crippen LogP contribution in [0.5, 0.6) is 0 Å². The van der Waals surface area contributed by atoms with Gasteiger partial charge in [-0.25, -0.2) is 9.97 Å². The first-order valence-corrected chi connectivity index (χ1v) is 5.70. The molecule has 0 fully saturated rings. The Morgan fingerprint density at radius 3 is 2.56 bits per heavy atom. The Balaban J connectivity index is 2.09. The maximum Gasteiger partial charge on any atom is 0.223 e. The van der Waals surface area contributed by atoms with Crippen molar-refractivity contribution in [2.75, 3.05) is 5.32 Å². The summed E-state index contributed by atoms with van der Waals surface area (Å²) in [6.07, 6.45) is 5.19. The molecule has 82 valence electrons. The van der Waals surface area contributed by atoms with Crippen LogP contribution in [0.2, 0.25) is 0 Å².